The van der Waals surface area contributed by atoms with Crippen LogP contribution in [-0.4, -0.2) is 32.2 Å². The van der Waals surface area contributed by atoms with Gasteiger partial charge in [-0.25, -0.2) is 8.42 Å². The fourth-order valence-corrected chi connectivity index (χ4v) is 4.05. The second kappa shape index (κ2) is 7.53. The molecule has 0 spiro atoms. The van der Waals surface area contributed by atoms with E-state index in [2.05, 4.69) is 19.2 Å². The Bertz CT molecular complexity index is 515. The fourth-order valence-electron chi connectivity index (χ4n) is 1.45. The van der Waals surface area contributed by atoms with E-state index in [0.29, 0.717) is 18.3 Å². The first-order valence-electron chi connectivity index (χ1n) is 6.11. The largest absolute Gasteiger partial charge is 0.310 e. The highest BCUT2D eigenvalue weighted by Crippen LogP contribution is 2.28. The molecule has 0 amide bonds. The minimum atomic E-state index is -2.91. The van der Waals surface area contributed by atoms with Crippen molar-refractivity contribution in [2.45, 2.75) is 31.3 Å². The van der Waals surface area contributed by atoms with E-state index in [-0.39, 0.29) is 5.75 Å². The van der Waals surface area contributed by atoms with Gasteiger partial charge in [0.2, 0.25) is 0 Å². The molecule has 108 valence electrons. The van der Waals surface area contributed by atoms with E-state index in [0.717, 1.165) is 15.5 Å². The molecule has 0 fully saturated rings. The van der Waals surface area contributed by atoms with Crippen LogP contribution >= 0.6 is 23.4 Å². The Labute approximate surface area is 125 Å². The van der Waals surface area contributed by atoms with Gasteiger partial charge in [-0.1, -0.05) is 31.5 Å². The van der Waals surface area contributed by atoms with Gasteiger partial charge in [0.15, 0.2) is 0 Å². The minimum Gasteiger partial charge on any atom is -0.310 e. The molecule has 1 rings (SSSR count). The fraction of sp³-hybridized carbons (Fsp3) is 0.538. The SMILES string of the molecule is CC(C)NCc1c(Cl)cccc1SCCS(C)(=O)=O. The highest BCUT2D eigenvalue weighted by molar-refractivity contribution is 8.00. The summed E-state index contributed by atoms with van der Waals surface area (Å²) < 4.78 is 22.3. The lowest BCUT2D eigenvalue weighted by molar-refractivity contribution is 0.585. The molecule has 0 radical (unpaired) electrons. The molecule has 0 aromatic heterocycles. The number of halogens is 1. The highest BCUT2D eigenvalue weighted by atomic mass is 35.5. The highest BCUT2D eigenvalue weighted by Gasteiger charge is 2.09. The van der Waals surface area contributed by atoms with Gasteiger partial charge in [0, 0.05) is 34.5 Å². The first-order valence-corrected chi connectivity index (χ1v) is 9.53. The van der Waals surface area contributed by atoms with Gasteiger partial charge in [-0.15, -0.1) is 11.8 Å². The van der Waals surface area contributed by atoms with Crippen LogP contribution in [0.4, 0.5) is 0 Å². The zero-order valence-corrected chi connectivity index (χ0v) is 13.8. The third-order valence-electron chi connectivity index (χ3n) is 2.47. The van der Waals surface area contributed by atoms with Crippen molar-refractivity contribution < 1.29 is 8.42 Å². The second-order valence-corrected chi connectivity index (χ2v) is 8.53. The molecular formula is C13H20ClNO2S2. The van der Waals surface area contributed by atoms with Crippen molar-refractivity contribution in [1.29, 1.82) is 0 Å². The molecular weight excluding hydrogens is 302 g/mol. The number of benzene rings is 1. The summed E-state index contributed by atoms with van der Waals surface area (Å²) in [6, 6.07) is 6.12. The van der Waals surface area contributed by atoms with Gasteiger partial charge in [0.05, 0.1) is 5.75 Å². The average Bonchev–Trinajstić information content (AvgIpc) is 2.26. The smallest absolute Gasteiger partial charge is 0.148 e. The number of nitrogens with one attached hydrogen (secondary N) is 1. The first kappa shape index (κ1) is 16.8. The van der Waals surface area contributed by atoms with Gasteiger partial charge < -0.3 is 5.32 Å². The molecule has 1 aromatic rings. The van der Waals surface area contributed by atoms with E-state index in [9.17, 15) is 8.42 Å². The van der Waals surface area contributed by atoms with E-state index < -0.39 is 9.84 Å². The molecule has 0 saturated carbocycles. The van der Waals surface area contributed by atoms with Gasteiger partial charge in [0.25, 0.3) is 0 Å². The quantitative estimate of drug-likeness (QED) is 0.784. The maximum atomic E-state index is 11.1. The normalized spacial score (nSPS) is 12.1. The van der Waals surface area contributed by atoms with Gasteiger partial charge in [0.1, 0.15) is 9.84 Å². The van der Waals surface area contributed by atoms with Crippen LogP contribution < -0.4 is 5.32 Å². The molecule has 0 bridgehead atoms. The summed E-state index contributed by atoms with van der Waals surface area (Å²) in [6.07, 6.45) is 1.26. The standard InChI is InChI=1S/C13H20ClNO2S2/c1-10(2)15-9-11-12(14)5-4-6-13(11)18-7-8-19(3,16)17/h4-6,10,15H,7-9H2,1-3H3. The Morgan fingerprint density at radius 1 is 1.37 bits per heavy atom. The summed E-state index contributed by atoms with van der Waals surface area (Å²) in [7, 11) is -2.91. The van der Waals surface area contributed by atoms with Crippen molar-refractivity contribution in [3.63, 3.8) is 0 Å². The first-order chi connectivity index (χ1) is 8.79. The maximum absolute atomic E-state index is 11.1. The molecule has 0 atom stereocenters. The topological polar surface area (TPSA) is 46.2 Å². The van der Waals surface area contributed by atoms with Gasteiger partial charge in [-0.2, -0.15) is 0 Å². The average molecular weight is 322 g/mol. The monoisotopic (exact) mass is 321 g/mol. The molecule has 1 aromatic carbocycles. The summed E-state index contributed by atoms with van der Waals surface area (Å²) in [5, 5.41) is 4.05. The second-order valence-electron chi connectivity index (χ2n) is 4.73. The van der Waals surface area contributed by atoms with Gasteiger partial charge in [-0.05, 0) is 17.7 Å². The summed E-state index contributed by atoms with van der Waals surface area (Å²) in [5.41, 5.74) is 1.04. The molecule has 19 heavy (non-hydrogen) atoms. The summed E-state index contributed by atoms with van der Waals surface area (Å²) in [5.74, 6) is 0.731. The molecule has 0 heterocycles. The van der Waals surface area contributed by atoms with E-state index in [4.69, 9.17) is 11.6 Å². The van der Waals surface area contributed by atoms with Crippen LogP contribution in [0.1, 0.15) is 19.4 Å². The molecule has 1 N–H and O–H groups in total. The van der Waals surface area contributed by atoms with E-state index in [1.165, 1.54) is 18.0 Å². The Morgan fingerprint density at radius 3 is 2.63 bits per heavy atom. The van der Waals surface area contributed by atoms with Crippen LogP contribution in [-0.2, 0) is 16.4 Å². The maximum Gasteiger partial charge on any atom is 0.148 e. The Hall–Kier alpha value is -0.230. The lowest BCUT2D eigenvalue weighted by Crippen LogP contribution is -2.22. The van der Waals surface area contributed by atoms with Crippen molar-refractivity contribution in [1.82, 2.24) is 5.32 Å². The summed E-state index contributed by atoms with van der Waals surface area (Å²) in [4.78, 5) is 1.05. The number of hydrogen-bond acceptors (Lipinski definition) is 4. The predicted molar refractivity (Wildman–Crippen MR) is 83.9 cm³/mol. The lowest BCUT2D eigenvalue weighted by Gasteiger charge is -2.13. The van der Waals surface area contributed by atoms with Crippen molar-refractivity contribution in [3.8, 4) is 0 Å². The Balaban J connectivity index is 2.73. The third-order valence-corrected chi connectivity index (χ3v) is 5.13. The molecule has 0 aliphatic rings. The molecule has 0 aliphatic carbocycles. The summed E-state index contributed by atoms with van der Waals surface area (Å²) in [6.45, 7) is 4.85. The Morgan fingerprint density at radius 2 is 2.05 bits per heavy atom. The zero-order chi connectivity index (χ0) is 14.5. The van der Waals surface area contributed by atoms with E-state index >= 15 is 0 Å². The van der Waals surface area contributed by atoms with E-state index in [1.54, 1.807) is 0 Å². The number of sulfone groups is 1. The Kier molecular flexibility index (Phi) is 6.66. The van der Waals surface area contributed by atoms with Crippen molar-refractivity contribution in [3.05, 3.63) is 28.8 Å². The molecule has 0 saturated heterocycles. The van der Waals surface area contributed by atoms with Crippen LogP contribution in [0.3, 0.4) is 0 Å². The van der Waals surface area contributed by atoms with E-state index in [1.807, 2.05) is 18.2 Å². The number of hydrogen-bond donors (Lipinski definition) is 1. The van der Waals surface area contributed by atoms with Crippen LogP contribution in [0, 0.1) is 0 Å². The van der Waals surface area contributed by atoms with Crippen molar-refractivity contribution in [2.75, 3.05) is 17.8 Å². The third kappa shape index (κ3) is 6.65. The van der Waals surface area contributed by atoms with Crippen molar-refractivity contribution >= 4 is 33.2 Å². The van der Waals surface area contributed by atoms with Crippen LogP contribution in [0.15, 0.2) is 23.1 Å². The summed E-state index contributed by atoms with van der Waals surface area (Å²) >= 11 is 7.75. The number of thioether (sulfide) groups is 1. The van der Waals surface area contributed by atoms with Crippen LogP contribution in [0.2, 0.25) is 5.02 Å². The molecule has 0 unspecified atom stereocenters. The minimum absolute atomic E-state index is 0.182. The van der Waals surface area contributed by atoms with Crippen LogP contribution in [0.25, 0.3) is 0 Å². The van der Waals surface area contributed by atoms with Gasteiger partial charge in [-0.3, -0.25) is 0 Å². The predicted octanol–water partition coefficient (Wildman–Crippen LogP) is 2.97. The molecule has 6 heteroatoms. The zero-order valence-electron chi connectivity index (χ0n) is 11.4. The van der Waals surface area contributed by atoms with Gasteiger partial charge >= 0.3 is 0 Å². The number of rotatable bonds is 7. The van der Waals surface area contributed by atoms with Crippen molar-refractivity contribution in [2.24, 2.45) is 0 Å². The molecule has 3 nitrogen and oxygen atoms in total. The lowest BCUT2D eigenvalue weighted by atomic mass is 10.2. The molecule has 0 aliphatic heterocycles. The van der Waals surface area contributed by atoms with Crippen LogP contribution in [0.5, 0.6) is 0 Å².